The van der Waals surface area contributed by atoms with Crippen molar-refractivity contribution in [2.75, 3.05) is 0 Å². The van der Waals surface area contributed by atoms with Gasteiger partial charge < -0.3 is 0 Å². The van der Waals surface area contributed by atoms with Gasteiger partial charge in [0.2, 0.25) is 0 Å². The van der Waals surface area contributed by atoms with Gasteiger partial charge in [0, 0.05) is 0 Å². The Balaban J connectivity index is 2.73. The molecule has 0 aliphatic carbocycles. The Kier molecular flexibility index (Phi) is 3.51. The average Bonchev–Trinajstić information content (AvgIpc) is 2.15. The van der Waals surface area contributed by atoms with Crippen molar-refractivity contribution in [3.05, 3.63) is 54.1 Å². The van der Waals surface area contributed by atoms with Crippen LogP contribution in [0.3, 0.4) is 0 Å². The third kappa shape index (κ3) is 3.29. The number of benzene rings is 1. The fourth-order valence-electron chi connectivity index (χ4n) is 1.15. The van der Waals surface area contributed by atoms with Gasteiger partial charge >= 0.3 is 0 Å². The summed E-state index contributed by atoms with van der Waals surface area (Å²) in [4.78, 5) is 0. The molecule has 0 heteroatoms. The minimum Gasteiger partial charge on any atom is -0.0998 e. The zero-order valence-electron chi connectivity index (χ0n) is 8.38. The number of rotatable bonds is 3. The molecule has 0 radical (unpaired) electrons. The van der Waals surface area contributed by atoms with E-state index >= 15 is 0 Å². The molecule has 0 N–H and O–H groups in total. The summed E-state index contributed by atoms with van der Waals surface area (Å²) >= 11 is 0. The maximum atomic E-state index is 3.88. The minimum absolute atomic E-state index is 0.973. The molecule has 0 bridgehead atoms. The van der Waals surface area contributed by atoms with Crippen molar-refractivity contribution < 1.29 is 0 Å². The van der Waals surface area contributed by atoms with E-state index in [-0.39, 0.29) is 0 Å². The summed E-state index contributed by atoms with van der Waals surface area (Å²) in [5.74, 6) is 0. The largest absolute Gasteiger partial charge is 0.0998 e. The second kappa shape index (κ2) is 4.66. The molecule has 0 nitrogen and oxygen atoms in total. The molecule has 0 heterocycles. The van der Waals surface area contributed by atoms with Gasteiger partial charge in [-0.15, -0.1) is 0 Å². The molecular formula is C13H16. The topological polar surface area (TPSA) is 0 Å². The third-order valence-electron chi connectivity index (χ3n) is 1.99. The standard InChI is InChI=1S/C13H16/c1-11(2)9-10-12(3)13-7-5-4-6-8-13/h4-8,10H,1,9H2,2-3H3/b12-10+. The molecule has 0 fully saturated rings. The number of hydrogen-bond acceptors (Lipinski definition) is 0. The molecule has 0 amide bonds. The van der Waals surface area contributed by atoms with Crippen LogP contribution in [0.25, 0.3) is 5.57 Å². The second-order valence-electron chi connectivity index (χ2n) is 3.41. The maximum absolute atomic E-state index is 3.88. The van der Waals surface area contributed by atoms with Crippen LogP contribution >= 0.6 is 0 Å². The highest BCUT2D eigenvalue weighted by Crippen LogP contribution is 2.14. The molecule has 0 aliphatic heterocycles. The van der Waals surface area contributed by atoms with Crippen molar-refractivity contribution in [2.24, 2.45) is 0 Å². The predicted molar refractivity (Wildman–Crippen MR) is 59.5 cm³/mol. The van der Waals surface area contributed by atoms with Gasteiger partial charge in [-0.2, -0.15) is 0 Å². The van der Waals surface area contributed by atoms with Crippen molar-refractivity contribution >= 4 is 5.57 Å². The van der Waals surface area contributed by atoms with E-state index in [1.54, 1.807) is 0 Å². The van der Waals surface area contributed by atoms with Crippen LogP contribution < -0.4 is 0 Å². The molecule has 0 unspecified atom stereocenters. The zero-order valence-corrected chi connectivity index (χ0v) is 8.38. The molecule has 0 spiro atoms. The first-order valence-electron chi connectivity index (χ1n) is 4.56. The van der Waals surface area contributed by atoms with E-state index in [1.165, 1.54) is 16.7 Å². The summed E-state index contributed by atoms with van der Waals surface area (Å²) in [6.07, 6.45) is 3.19. The summed E-state index contributed by atoms with van der Waals surface area (Å²) in [6, 6.07) is 10.4. The highest BCUT2D eigenvalue weighted by molar-refractivity contribution is 5.63. The van der Waals surface area contributed by atoms with Crippen LogP contribution in [0.4, 0.5) is 0 Å². The van der Waals surface area contributed by atoms with Crippen LogP contribution in [0, 0.1) is 0 Å². The Labute approximate surface area is 80.6 Å². The highest BCUT2D eigenvalue weighted by atomic mass is 14.0. The lowest BCUT2D eigenvalue weighted by molar-refractivity contribution is 1.22. The zero-order chi connectivity index (χ0) is 9.68. The highest BCUT2D eigenvalue weighted by Gasteiger charge is 1.92. The van der Waals surface area contributed by atoms with E-state index in [4.69, 9.17) is 0 Å². The first-order valence-corrected chi connectivity index (χ1v) is 4.56. The fourth-order valence-corrected chi connectivity index (χ4v) is 1.15. The summed E-state index contributed by atoms with van der Waals surface area (Å²) in [5, 5.41) is 0. The van der Waals surface area contributed by atoms with E-state index in [9.17, 15) is 0 Å². The minimum atomic E-state index is 0.973. The lowest BCUT2D eigenvalue weighted by Crippen LogP contribution is -1.78. The van der Waals surface area contributed by atoms with Crippen LogP contribution in [0.15, 0.2) is 48.6 Å². The van der Waals surface area contributed by atoms with E-state index in [0.29, 0.717) is 0 Å². The fraction of sp³-hybridized carbons (Fsp3) is 0.231. The molecule has 0 aromatic heterocycles. The molecule has 1 rings (SSSR count). The predicted octanol–water partition coefficient (Wildman–Crippen LogP) is 4.06. The van der Waals surface area contributed by atoms with Gasteiger partial charge in [-0.3, -0.25) is 0 Å². The molecule has 0 saturated carbocycles. The van der Waals surface area contributed by atoms with E-state index < -0.39 is 0 Å². The van der Waals surface area contributed by atoms with Crippen molar-refractivity contribution in [2.45, 2.75) is 20.3 Å². The van der Waals surface area contributed by atoms with Crippen molar-refractivity contribution in [3.63, 3.8) is 0 Å². The normalized spacial score (nSPS) is 11.4. The van der Waals surface area contributed by atoms with Crippen LogP contribution in [0.2, 0.25) is 0 Å². The smallest absolute Gasteiger partial charge is 0.0138 e. The van der Waals surface area contributed by atoms with E-state index in [0.717, 1.165) is 6.42 Å². The van der Waals surface area contributed by atoms with Gasteiger partial charge in [0.05, 0.1) is 0 Å². The molecule has 0 aliphatic rings. The van der Waals surface area contributed by atoms with Crippen LogP contribution in [0.5, 0.6) is 0 Å². The van der Waals surface area contributed by atoms with Gasteiger partial charge in [-0.1, -0.05) is 48.6 Å². The monoisotopic (exact) mass is 172 g/mol. The lowest BCUT2D eigenvalue weighted by atomic mass is 10.1. The molecule has 0 saturated heterocycles. The van der Waals surface area contributed by atoms with Gasteiger partial charge in [0.15, 0.2) is 0 Å². The Morgan fingerprint density at radius 2 is 1.85 bits per heavy atom. The van der Waals surface area contributed by atoms with Gasteiger partial charge in [0.25, 0.3) is 0 Å². The summed E-state index contributed by atoms with van der Waals surface area (Å²) in [7, 11) is 0. The first-order chi connectivity index (χ1) is 6.20. The van der Waals surface area contributed by atoms with Crippen molar-refractivity contribution in [1.82, 2.24) is 0 Å². The van der Waals surface area contributed by atoms with E-state index in [1.807, 2.05) is 6.07 Å². The maximum Gasteiger partial charge on any atom is -0.0138 e. The summed E-state index contributed by atoms with van der Waals surface area (Å²) in [5.41, 5.74) is 3.82. The Hall–Kier alpha value is -1.30. The third-order valence-corrected chi connectivity index (χ3v) is 1.99. The van der Waals surface area contributed by atoms with Gasteiger partial charge in [0.1, 0.15) is 0 Å². The molecule has 1 aromatic rings. The van der Waals surface area contributed by atoms with Crippen LogP contribution in [-0.2, 0) is 0 Å². The Morgan fingerprint density at radius 3 is 2.38 bits per heavy atom. The second-order valence-corrected chi connectivity index (χ2v) is 3.41. The van der Waals surface area contributed by atoms with Crippen LogP contribution in [0.1, 0.15) is 25.8 Å². The SMILES string of the molecule is C=C(C)C/C=C(\C)c1ccccc1. The number of allylic oxidation sites excluding steroid dienone is 3. The van der Waals surface area contributed by atoms with Crippen LogP contribution in [-0.4, -0.2) is 0 Å². The first kappa shape index (κ1) is 9.79. The molecule has 13 heavy (non-hydrogen) atoms. The summed E-state index contributed by atoms with van der Waals surface area (Å²) in [6.45, 7) is 8.06. The Morgan fingerprint density at radius 1 is 1.23 bits per heavy atom. The van der Waals surface area contributed by atoms with Gasteiger partial charge in [-0.25, -0.2) is 0 Å². The average molecular weight is 172 g/mol. The lowest BCUT2D eigenvalue weighted by Gasteiger charge is -2.00. The quantitative estimate of drug-likeness (QED) is 0.603. The molecule has 0 atom stereocenters. The van der Waals surface area contributed by atoms with E-state index in [2.05, 4.69) is 50.8 Å². The van der Waals surface area contributed by atoms with Gasteiger partial charge in [-0.05, 0) is 31.4 Å². The molecule has 1 aromatic carbocycles. The molecule has 68 valence electrons. The summed E-state index contributed by atoms with van der Waals surface area (Å²) < 4.78 is 0. The number of hydrogen-bond donors (Lipinski definition) is 0. The molecular weight excluding hydrogens is 156 g/mol. The van der Waals surface area contributed by atoms with Crippen molar-refractivity contribution in [1.29, 1.82) is 0 Å². The van der Waals surface area contributed by atoms with Crippen molar-refractivity contribution in [3.8, 4) is 0 Å². The Bertz CT molecular complexity index is 304.